The van der Waals surface area contributed by atoms with Gasteiger partial charge in [0.25, 0.3) is 11.8 Å². The number of carbonyl (C=O) groups is 2. The molecule has 0 aliphatic heterocycles. The smallest absolute Gasteiger partial charge is 0.269 e. The van der Waals surface area contributed by atoms with E-state index in [1.165, 1.54) is 24.3 Å². The third-order valence-corrected chi connectivity index (χ3v) is 3.69. The van der Waals surface area contributed by atoms with E-state index in [2.05, 4.69) is 31.7 Å². The first-order valence-electron chi connectivity index (χ1n) is 8.18. The molecule has 0 fully saturated rings. The van der Waals surface area contributed by atoms with Crippen molar-refractivity contribution in [3.05, 3.63) is 77.6 Å². The fourth-order valence-electron chi connectivity index (χ4n) is 2.17. The monoisotopic (exact) mass is 399 g/mol. The molecule has 148 valence electrons. The lowest BCUT2D eigenvalue weighted by atomic mass is 10.2. The van der Waals surface area contributed by atoms with E-state index >= 15 is 0 Å². The van der Waals surface area contributed by atoms with Gasteiger partial charge in [-0.15, -0.1) is 0 Å². The normalized spacial score (nSPS) is 10.1. The number of hydrogen-bond donors (Lipinski definition) is 5. The average Bonchev–Trinajstić information content (AvgIpc) is 2.72. The van der Waals surface area contributed by atoms with Gasteiger partial charge >= 0.3 is 0 Å². The maximum absolute atomic E-state index is 12.9. The highest BCUT2D eigenvalue weighted by Crippen LogP contribution is 2.21. The molecule has 11 heteroatoms. The SMILES string of the molecule is Nc1c(NNC(=O)c2ccc(F)cc2)ncnc1NNC(=O)c1ccc(F)cc1. The van der Waals surface area contributed by atoms with E-state index < -0.39 is 23.4 Å². The van der Waals surface area contributed by atoms with Gasteiger partial charge in [0.2, 0.25) is 0 Å². The summed E-state index contributed by atoms with van der Waals surface area (Å²) >= 11 is 0. The van der Waals surface area contributed by atoms with E-state index in [0.29, 0.717) is 0 Å². The number of nitrogens with two attached hydrogens (primary N) is 1. The van der Waals surface area contributed by atoms with Gasteiger partial charge < -0.3 is 5.73 Å². The Morgan fingerprint density at radius 3 is 1.48 bits per heavy atom. The number of rotatable bonds is 6. The highest BCUT2D eigenvalue weighted by molar-refractivity contribution is 5.96. The Bertz CT molecular complexity index is 948. The number of benzene rings is 2. The second-order valence-corrected chi connectivity index (χ2v) is 5.66. The molecule has 1 aromatic heterocycles. The zero-order valence-corrected chi connectivity index (χ0v) is 14.7. The number of amides is 2. The molecule has 0 aliphatic carbocycles. The fraction of sp³-hybridized carbons (Fsp3) is 0. The van der Waals surface area contributed by atoms with Crippen LogP contribution in [-0.2, 0) is 0 Å². The summed E-state index contributed by atoms with van der Waals surface area (Å²) in [5.74, 6) is -1.88. The van der Waals surface area contributed by atoms with Gasteiger partial charge in [0, 0.05) is 11.1 Å². The second-order valence-electron chi connectivity index (χ2n) is 5.66. The van der Waals surface area contributed by atoms with Crippen molar-refractivity contribution in [1.82, 2.24) is 20.8 Å². The molecule has 9 nitrogen and oxygen atoms in total. The van der Waals surface area contributed by atoms with Crippen LogP contribution in [0.15, 0.2) is 54.9 Å². The molecule has 0 radical (unpaired) electrons. The van der Waals surface area contributed by atoms with Crippen LogP contribution in [0.4, 0.5) is 26.1 Å². The lowest BCUT2D eigenvalue weighted by Gasteiger charge is -2.13. The Labute approximate surface area is 163 Å². The predicted octanol–water partition coefficient (Wildman–Crippen LogP) is 1.85. The number of hydrogen-bond acceptors (Lipinski definition) is 7. The third kappa shape index (κ3) is 4.91. The number of nitrogen functional groups attached to an aromatic ring is 1. The van der Waals surface area contributed by atoms with Gasteiger partial charge in [0.15, 0.2) is 11.6 Å². The van der Waals surface area contributed by atoms with E-state index in [1.54, 1.807) is 0 Å². The Morgan fingerprint density at radius 1 is 0.724 bits per heavy atom. The number of anilines is 3. The number of carbonyl (C=O) groups excluding carboxylic acids is 2. The first-order chi connectivity index (χ1) is 13.9. The van der Waals surface area contributed by atoms with Crippen LogP contribution >= 0.6 is 0 Å². The standard InChI is InChI=1S/C18H15F2N7O2/c19-12-5-1-10(2-6-12)17(28)26-24-15-14(21)16(23-9-22-15)25-27-18(29)11-3-7-13(20)8-4-11/h1-9H,21H2,(H,26,28)(H,27,29)(H2,22,23,24,25). The average molecular weight is 399 g/mol. The first-order valence-corrected chi connectivity index (χ1v) is 8.18. The molecule has 0 saturated heterocycles. The molecule has 3 rings (SSSR count). The third-order valence-electron chi connectivity index (χ3n) is 3.69. The largest absolute Gasteiger partial charge is 0.393 e. The van der Waals surface area contributed by atoms with Crippen LogP contribution in [0.1, 0.15) is 20.7 Å². The van der Waals surface area contributed by atoms with E-state index in [9.17, 15) is 18.4 Å². The summed E-state index contributed by atoms with van der Waals surface area (Å²) in [7, 11) is 0. The van der Waals surface area contributed by atoms with Crippen LogP contribution in [0.25, 0.3) is 0 Å². The second kappa shape index (κ2) is 8.61. The topological polar surface area (TPSA) is 134 Å². The van der Waals surface area contributed by atoms with E-state index in [0.717, 1.165) is 30.6 Å². The lowest BCUT2D eigenvalue weighted by Crippen LogP contribution is -2.32. The van der Waals surface area contributed by atoms with Gasteiger partial charge in [0.1, 0.15) is 23.6 Å². The number of halogens is 2. The fourth-order valence-corrected chi connectivity index (χ4v) is 2.17. The number of aromatic nitrogens is 2. The van der Waals surface area contributed by atoms with E-state index in [1.807, 2.05) is 0 Å². The quantitative estimate of drug-likeness (QED) is 0.399. The van der Waals surface area contributed by atoms with Gasteiger partial charge in [-0.3, -0.25) is 31.3 Å². The maximum Gasteiger partial charge on any atom is 0.269 e. The zero-order valence-electron chi connectivity index (χ0n) is 14.7. The molecule has 2 aromatic carbocycles. The van der Waals surface area contributed by atoms with E-state index in [-0.39, 0.29) is 28.5 Å². The molecular formula is C18H15F2N7O2. The number of nitrogens with zero attached hydrogens (tertiary/aromatic N) is 2. The van der Waals surface area contributed by atoms with Crippen LogP contribution in [0.3, 0.4) is 0 Å². The highest BCUT2D eigenvalue weighted by atomic mass is 19.1. The summed E-state index contributed by atoms with van der Waals surface area (Å²) in [6.45, 7) is 0. The molecule has 2 amide bonds. The molecule has 1 heterocycles. The van der Waals surface area contributed by atoms with Crippen molar-refractivity contribution in [3.63, 3.8) is 0 Å². The molecular weight excluding hydrogens is 384 g/mol. The molecule has 6 N–H and O–H groups in total. The van der Waals surface area contributed by atoms with Crippen molar-refractivity contribution in [3.8, 4) is 0 Å². The minimum absolute atomic E-state index is 0.00584. The van der Waals surface area contributed by atoms with Crippen LogP contribution in [-0.4, -0.2) is 21.8 Å². The number of hydrazine groups is 2. The van der Waals surface area contributed by atoms with Crippen molar-refractivity contribution < 1.29 is 18.4 Å². The molecule has 0 spiro atoms. The minimum Gasteiger partial charge on any atom is -0.393 e. The highest BCUT2D eigenvalue weighted by Gasteiger charge is 2.12. The van der Waals surface area contributed by atoms with Gasteiger partial charge in [-0.2, -0.15) is 0 Å². The summed E-state index contributed by atoms with van der Waals surface area (Å²) in [4.78, 5) is 31.9. The summed E-state index contributed by atoms with van der Waals surface area (Å²) in [5.41, 5.74) is 16.2. The van der Waals surface area contributed by atoms with Crippen LogP contribution in [0, 0.1) is 11.6 Å². The summed E-state index contributed by atoms with van der Waals surface area (Å²) in [6.07, 6.45) is 1.15. The van der Waals surface area contributed by atoms with E-state index in [4.69, 9.17) is 5.73 Å². The number of nitrogens with one attached hydrogen (secondary N) is 4. The maximum atomic E-state index is 12.9. The molecule has 0 atom stereocenters. The van der Waals surface area contributed by atoms with Crippen molar-refractivity contribution in [2.75, 3.05) is 16.6 Å². The molecule has 0 bridgehead atoms. The molecule has 0 saturated carbocycles. The molecule has 3 aromatic rings. The first kappa shape index (κ1) is 19.5. The van der Waals surface area contributed by atoms with Crippen LogP contribution < -0.4 is 27.4 Å². The van der Waals surface area contributed by atoms with Crippen molar-refractivity contribution in [1.29, 1.82) is 0 Å². The Morgan fingerprint density at radius 2 is 1.10 bits per heavy atom. The van der Waals surface area contributed by atoms with Gasteiger partial charge in [0.05, 0.1) is 0 Å². The molecule has 29 heavy (non-hydrogen) atoms. The predicted molar refractivity (Wildman–Crippen MR) is 101 cm³/mol. The van der Waals surface area contributed by atoms with Crippen molar-refractivity contribution >= 4 is 29.1 Å². The molecule has 0 aliphatic rings. The summed E-state index contributed by atoms with van der Waals surface area (Å²) in [5, 5.41) is 0. The summed E-state index contributed by atoms with van der Waals surface area (Å²) in [6, 6.07) is 9.86. The van der Waals surface area contributed by atoms with Crippen molar-refractivity contribution in [2.24, 2.45) is 0 Å². The van der Waals surface area contributed by atoms with Gasteiger partial charge in [-0.05, 0) is 48.5 Å². The lowest BCUT2D eigenvalue weighted by molar-refractivity contribution is 0.0954. The molecule has 0 unspecified atom stereocenters. The summed E-state index contributed by atoms with van der Waals surface area (Å²) < 4.78 is 25.8. The Hall–Kier alpha value is -4.28. The Balaban J connectivity index is 1.61. The van der Waals surface area contributed by atoms with Crippen LogP contribution in [0.5, 0.6) is 0 Å². The van der Waals surface area contributed by atoms with Crippen molar-refractivity contribution in [2.45, 2.75) is 0 Å². The zero-order chi connectivity index (χ0) is 20.8. The van der Waals surface area contributed by atoms with Gasteiger partial charge in [-0.25, -0.2) is 18.7 Å². The van der Waals surface area contributed by atoms with Crippen LogP contribution in [0.2, 0.25) is 0 Å². The van der Waals surface area contributed by atoms with Gasteiger partial charge in [-0.1, -0.05) is 0 Å². The Kier molecular flexibility index (Phi) is 5.78. The minimum atomic E-state index is -0.540.